The largest absolute Gasteiger partial charge is 0.416 e. The highest BCUT2D eigenvalue weighted by molar-refractivity contribution is 7.91. The van der Waals surface area contributed by atoms with Crippen molar-refractivity contribution in [2.75, 3.05) is 0 Å². The number of nitrogens with zero attached hydrogens (tertiary/aromatic N) is 2. The molecule has 0 saturated carbocycles. The van der Waals surface area contributed by atoms with E-state index in [9.17, 15) is 21.6 Å². The zero-order chi connectivity index (χ0) is 22.4. The molecule has 1 N–H and O–H groups in total. The Balaban J connectivity index is 1.54. The lowest BCUT2D eigenvalue weighted by molar-refractivity contribution is -0.137. The van der Waals surface area contributed by atoms with Crippen molar-refractivity contribution < 1.29 is 21.6 Å². The molecule has 0 aliphatic heterocycles. The van der Waals surface area contributed by atoms with E-state index in [-0.39, 0.29) is 16.2 Å². The number of alkyl halides is 3. The molecule has 1 aliphatic carbocycles. The minimum absolute atomic E-state index is 0.0424. The Bertz CT molecular complexity index is 1210. The zero-order valence-corrected chi connectivity index (χ0v) is 18.4. The fourth-order valence-electron chi connectivity index (χ4n) is 3.91. The first-order valence-corrected chi connectivity index (χ1v) is 11.9. The fourth-order valence-corrected chi connectivity index (χ4v) is 6.12. The first-order chi connectivity index (χ1) is 14.6. The molecule has 0 amide bonds. The van der Waals surface area contributed by atoms with Crippen LogP contribution < -0.4 is 4.72 Å². The van der Waals surface area contributed by atoms with E-state index in [2.05, 4.69) is 9.82 Å². The summed E-state index contributed by atoms with van der Waals surface area (Å²) in [6.45, 7) is 3.71. The van der Waals surface area contributed by atoms with Gasteiger partial charge in [0.2, 0.25) is 0 Å². The lowest BCUT2D eigenvalue weighted by Crippen LogP contribution is -2.32. The number of sulfonamides is 1. The molecule has 3 aromatic rings. The van der Waals surface area contributed by atoms with Crippen molar-refractivity contribution in [2.45, 2.75) is 42.6 Å². The normalized spacial score (nSPS) is 19.3. The minimum atomic E-state index is -4.39. The molecule has 2 atom stereocenters. The molecule has 0 saturated heterocycles. The number of aryl methyl sites for hydroxylation is 1. The van der Waals surface area contributed by atoms with Crippen molar-refractivity contribution in [2.24, 2.45) is 0 Å². The monoisotopic (exact) mass is 467 g/mol. The first-order valence-electron chi connectivity index (χ1n) is 9.54. The van der Waals surface area contributed by atoms with Gasteiger partial charge in [-0.3, -0.25) is 0 Å². The van der Waals surface area contributed by atoms with Crippen LogP contribution in [0, 0.1) is 13.8 Å². The number of allylic oxidation sites excluding steroid dienone is 1. The quantitative estimate of drug-likeness (QED) is 0.540. The van der Waals surface area contributed by atoms with Gasteiger partial charge in [0.15, 0.2) is 0 Å². The number of hydrogen-bond acceptors (Lipinski definition) is 4. The molecule has 2 aromatic heterocycles. The zero-order valence-electron chi connectivity index (χ0n) is 16.7. The highest BCUT2D eigenvalue weighted by Crippen LogP contribution is 2.35. The Morgan fingerprint density at radius 3 is 2.45 bits per heavy atom. The number of aromatic nitrogens is 2. The van der Waals surface area contributed by atoms with Crippen LogP contribution in [0.15, 0.2) is 58.1 Å². The van der Waals surface area contributed by atoms with Gasteiger partial charge in [-0.05, 0) is 56.0 Å². The van der Waals surface area contributed by atoms with Crippen LogP contribution in [0.3, 0.4) is 0 Å². The second-order valence-corrected chi connectivity index (χ2v) is 10.3. The second kappa shape index (κ2) is 7.92. The van der Waals surface area contributed by atoms with Crippen molar-refractivity contribution in [3.05, 3.63) is 76.4 Å². The lowest BCUT2D eigenvalue weighted by atomic mass is 9.96. The summed E-state index contributed by atoms with van der Waals surface area (Å²) in [7, 11) is -3.58. The predicted octanol–water partition coefficient (Wildman–Crippen LogP) is 4.96. The van der Waals surface area contributed by atoms with E-state index < -0.39 is 21.8 Å². The molecule has 1 aliphatic rings. The highest BCUT2D eigenvalue weighted by atomic mass is 32.2. The van der Waals surface area contributed by atoms with E-state index in [0.29, 0.717) is 12.1 Å². The number of hydrogen-bond donors (Lipinski definition) is 1. The van der Waals surface area contributed by atoms with Crippen molar-refractivity contribution in [1.82, 2.24) is 14.5 Å². The summed E-state index contributed by atoms with van der Waals surface area (Å²) in [5, 5.41) is 6.23. The second-order valence-electron chi connectivity index (χ2n) is 7.43. The number of rotatable bonds is 5. The third kappa shape index (κ3) is 4.32. The lowest BCUT2D eigenvalue weighted by Gasteiger charge is -2.14. The van der Waals surface area contributed by atoms with Crippen LogP contribution in [0.2, 0.25) is 0 Å². The molecular weight excluding hydrogens is 447 g/mol. The van der Waals surface area contributed by atoms with Crippen LogP contribution in [0.5, 0.6) is 0 Å². The van der Waals surface area contributed by atoms with E-state index in [1.165, 1.54) is 12.1 Å². The molecule has 0 fully saturated rings. The van der Waals surface area contributed by atoms with Crippen LogP contribution in [-0.2, 0) is 16.2 Å². The maximum atomic E-state index is 12.8. The molecule has 10 heteroatoms. The average molecular weight is 468 g/mol. The van der Waals surface area contributed by atoms with E-state index in [1.54, 1.807) is 22.2 Å². The van der Waals surface area contributed by atoms with Crippen LogP contribution in [0.4, 0.5) is 13.2 Å². The van der Waals surface area contributed by atoms with Crippen LogP contribution in [0.25, 0.3) is 5.69 Å². The first kappa shape index (κ1) is 21.8. The van der Waals surface area contributed by atoms with Crippen molar-refractivity contribution >= 4 is 21.4 Å². The Morgan fingerprint density at radius 2 is 1.84 bits per heavy atom. The summed E-state index contributed by atoms with van der Waals surface area (Å²) >= 11 is 1.16. The number of halogens is 3. The Labute approximate surface area is 182 Å². The van der Waals surface area contributed by atoms with Gasteiger partial charge in [0.1, 0.15) is 4.21 Å². The summed E-state index contributed by atoms with van der Waals surface area (Å²) < 4.78 is 68.1. The predicted molar refractivity (Wildman–Crippen MR) is 113 cm³/mol. The minimum Gasteiger partial charge on any atom is -0.238 e. The molecule has 4 rings (SSSR count). The molecule has 2 heterocycles. The number of thiophene rings is 1. The molecule has 0 radical (unpaired) electrons. The summed E-state index contributed by atoms with van der Waals surface area (Å²) in [5.74, 6) is -0.0424. The third-order valence-electron chi connectivity index (χ3n) is 5.31. The molecule has 0 bridgehead atoms. The van der Waals surface area contributed by atoms with Crippen molar-refractivity contribution in [3.8, 4) is 5.69 Å². The summed E-state index contributed by atoms with van der Waals surface area (Å²) in [6, 6.07) is 7.78. The summed E-state index contributed by atoms with van der Waals surface area (Å²) in [6.07, 6.45) is -0.0518. The maximum Gasteiger partial charge on any atom is 0.416 e. The van der Waals surface area contributed by atoms with Gasteiger partial charge in [0, 0.05) is 23.2 Å². The molecule has 31 heavy (non-hydrogen) atoms. The summed E-state index contributed by atoms with van der Waals surface area (Å²) in [4.78, 5) is 0. The maximum absolute atomic E-state index is 12.8. The third-order valence-corrected chi connectivity index (χ3v) is 8.19. The number of nitrogens with one attached hydrogen (secondary N) is 1. The van der Waals surface area contributed by atoms with Crippen molar-refractivity contribution in [1.29, 1.82) is 0 Å². The molecule has 5 nitrogen and oxygen atoms in total. The van der Waals surface area contributed by atoms with Gasteiger partial charge in [0.25, 0.3) is 10.0 Å². The van der Waals surface area contributed by atoms with Gasteiger partial charge < -0.3 is 0 Å². The Kier molecular flexibility index (Phi) is 5.57. The van der Waals surface area contributed by atoms with Gasteiger partial charge in [-0.15, -0.1) is 11.3 Å². The topological polar surface area (TPSA) is 64.0 Å². The van der Waals surface area contributed by atoms with E-state index >= 15 is 0 Å². The molecule has 2 unspecified atom stereocenters. The van der Waals surface area contributed by atoms with E-state index in [1.807, 2.05) is 26.0 Å². The fraction of sp³-hybridized carbons (Fsp3) is 0.286. The smallest absolute Gasteiger partial charge is 0.238 e. The van der Waals surface area contributed by atoms with Crippen LogP contribution in [-0.4, -0.2) is 24.2 Å². The Morgan fingerprint density at radius 1 is 1.13 bits per heavy atom. The average Bonchev–Trinajstić information content (AvgIpc) is 3.42. The standard InChI is InChI=1S/C21H20F3N3O2S2/c1-13-20(14(2)27(25-13)18-9-6-16(7-10-18)21(22,23)24)15-5-8-17(12-15)26-31(28,29)19-4-3-11-30-19/h3-11,15,17,26H,12H2,1-2H3. The van der Waals surface area contributed by atoms with Crippen molar-refractivity contribution in [3.63, 3.8) is 0 Å². The molecule has 164 valence electrons. The van der Waals surface area contributed by atoms with Gasteiger partial charge in [0.05, 0.1) is 16.9 Å². The van der Waals surface area contributed by atoms with Gasteiger partial charge in [-0.1, -0.05) is 18.2 Å². The van der Waals surface area contributed by atoms with Gasteiger partial charge in [-0.2, -0.15) is 18.3 Å². The Hall–Kier alpha value is -2.43. The van der Waals surface area contributed by atoms with Crippen LogP contribution in [0.1, 0.15) is 34.9 Å². The molecular formula is C21H20F3N3O2S2. The van der Waals surface area contributed by atoms with Gasteiger partial charge >= 0.3 is 6.18 Å². The highest BCUT2D eigenvalue weighted by Gasteiger charge is 2.31. The number of benzene rings is 1. The summed E-state index contributed by atoms with van der Waals surface area (Å²) in [5.41, 5.74) is 2.35. The van der Waals surface area contributed by atoms with Crippen LogP contribution >= 0.6 is 11.3 Å². The molecule has 0 spiro atoms. The molecule has 1 aromatic carbocycles. The van der Waals surface area contributed by atoms with E-state index in [4.69, 9.17) is 0 Å². The SMILES string of the molecule is Cc1nn(-c2ccc(C(F)(F)F)cc2)c(C)c1C1C=CC(NS(=O)(=O)c2cccs2)C1. The van der Waals surface area contributed by atoms with Gasteiger partial charge in [-0.25, -0.2) is 17.8 Å². The van der Waals surface area contributed by atoms with E-state index in [0.717, 1.165) is 40.4 Å².